The van der Waals surface area contributed by atoms with E-state index in [1.54, 1.807) is 0 Å². The molecule has 0 radical (unpaired) electrons. The van der Waals surface area contributed by atoms with Crippen LogP contribution in [0.1, 0.15) is 39.4 Å². The Hall–Kier alpha value is -3.13. The van der Waals surface area contributed by atoms with Crippen LogP contribution in [-0.4, -0.2) is 24.3 Å². The number of rotatable bonds is 3. The number of hydrogen-bond donors (Lipinski definition) is 0. The maximum Gasteiger partial charge on any atom is 0.168 e. The van der Waals surface area contributed by atoms with Crippen molar-refractivity contribution in [1.29, 1.82) is 0 Å². The highest BCUT2D eigenvalue weighted by molar-refractivity contribution is 5.99. The number of fused-ring (bicyclic) bond motifs is 2. The molecule has 2 nitrogen and oxygen atoms in total. The Morgan fingerprint density at radius 1 is 0.828 bits per heavy atom. The number of carbonyl (C=O) groups is 1. The molecule has 0 unspecified atom stereocenters. The summed E-state index contributed by atoms with van der Waals surface area (Å²) in [6.07, 6.45) is 2.05. The summed E-state index contributed by atoms with van der Waals surface area (Å²) >= 11 is 0. The molecule has 0 amide bonds. The maximum absolute atomic E-state index is 13.6. The van der Waals surface area contributed by atoms with Gasteiger partial charge in [-0.05, 0) is 29.5 Å². The van der Waals surface area contributed by atoms with Crippen molar-refractivity contribution < 1.29 is 4.79 Å². The molecule has 0 saturated carbocycles. The van der Waals surface area contributed by atoms with Crippen molar-refractivity contribution in [3.63, 3.8) is 0 Å². The second-order valence-electron chi connectivity index (χ2n) is 8.14. The molecule has 1 aliphatic heterocycles. The highest BCUT2D eigenvalue weighted by Gasteiger charge is 2.41. The van der Waals surface area contributed by atoms with Crippen LogP contribution < -0.4 is 0 Å². The predicted octanol–water partition coefficient (Wildman–Crippen LogP) is 5.57. The van der Waals surface area contributed by atoms with Crippen molar-refractivity contribution in [2.45, 2.75) is 18.8 Å². The Labute approximate surface area is 172 Å². The third-order valence-electron chi connectivity index (χ3n) is 6.42. The van der Waals surface area contributed by atoms with Crippen LogP contribution >= 0.6 is 0 Å². The average Bonchev–Trinajstić information content (AvgIpc) is 2.79. The van der Waals surface area contributed by atoms with Crippen molar-refractivity contribution >= 4 is 11.5 Å². The van der Waals surface area contributed by atoms with Crippen molar-refractivity contribution in [3.05, 3.63) is 113 Å². The molecule has 3 aromatic rings. The van der Waals surface area contributed by atoms with E-state index in [1.807, 2.05) is 30.3 Å². The molecule has 2 heteroatoms. The Kier molecular flexibility index (Phi) is 4.55. The average molecular weight is 380 g/mol. The fourth-order valence-corrected chi connectivity index (χ4v) is 5.16. The molecule has 3 aromatic carbocycles. The molecule has 2 atom stereocenters. The standard InChI is InChI=1S/C27H25NO/c1-28-18-24(27(29)21-13-6-3-7-14-21)25(20-11-4-2-5-12-20)23-17-16-19-10-8-9-15-22(19)26(23)28/h2-15,24-25H,16-18H2,1H3/t24-,25-/m1/s1. The van der Waals surface area contributed by atoms with Gasteiger partial charge < -0.3 is 4.90 Å². The van der Waals surface area contributed by atoms with Gasteiger partial charge in [-0.2, -0.15) is 0 Å². The number of Topliss-reactive ketones (excluding diaryl/α,β-unsaturated/α-hetero) is 1. The molecule has 0 bridgehead atoms. The van der Waals surface area contributed by atoms with Gasteiger partial charge in [-0.15, -0.1) is 0 Å². The molecule has 5 rings (SSSR count). The van der Waals surface area contributed by atoms with Crippen LogP contribution in [0.5, 0.6) is 0 Å². The number of carbonyl (C=O) groups excluding carboxylic acids is 1. The topological polar surface area (TPSA) is 20.3 Å². The highest BCUT2D eigenvalue weighted by Crippen LogP contribution is 2.48. The number of aryl methyl sites for hydroxylation is 1. The number of nitrogens with zero attached hydrogens (tertiary/aromatic N) is 1. The quantitative estimate of drug-likeness (QED) is 0.554. The van der Waals surface area contributed by atoms with E-state index in [0.717, 1.165) is 24.9 Å². The van der Waals surface area contributed by atoms with Crippen LogP contribution in [-0.2, 0) is 6.42 Å². The van der Waals surface area contributed by atoms with Gasteiger partial charge in [0.25, 0.3) is 0 Å². The van der Waals surface area contributed by atoms with Crippen molar-refractivity contribution in [3.8, 4) is 0 Å². The summed E-state index contributed by atoms with van der Waals surface area (Å²) in [6.45, 7) is 0.737. The summed E-state index contributed by atoms with van der Waals surface area (Å²) in [5.74, 6) is 0.300. The van der Waals surface area contributed by atoms with Crippen molar-refractivity contribution in [2.75, 3.05) is 13.6 Å². The van der Waals surface area contributed by atoms with Gasteiger partial charge in [0.2, 0.25) is 0 Å². The van der Waals surface area contributed by atoms with E-state index in [1.165, 1.54) is 28.0 Å². The SMILES string of the molecule is CN1C[C@@H](C(=O)c2ccccc2)[C@H](c2ccccc2)C2=C1c1ccccc1CC2. The first-order chi connectivity index (χ1) is 14.2. The Morgan fingerprint density at radius 3 is 2.24 bits per heavy atom. The molecule has 0 aromatic heterocycles. The zero-order valence-corrected chi connectivity index (χ0v) is 16.7. The maximum atomic E-state index is 13.6. The number of allylic oxidation sites excluding steroid dienone is 1. The summed E-state index contributed by atoms with van der Waals surface area (Å²) in [6, 6.07) is 29.1. The first kappa shape index (κ1) is 17.9. The van der Waals surface area contributed by atoms with E-state index in [2.05, 4.69) is 66.5 Å². The monoisotopic (exact) mass is 379 g/mol. The molecule has 144 valence electrons. The van der Waals surface area contributed by atoms with Crippen LogP contribution in [0.25, 0.3) is 5.70 Å². The van der Waals surface area contributed by atoms with Gasteiger partial charge in [-0.25, -0.2) is 0 Å². The van der Waals surface area contributed by atoms with Gasteiger partial charge in [-0.3, -0.25) is 4.79 Å². The largest absolute Gasteiger partial charge is 0.373 e. The van der Waals surface area contributed by atoms with Gasteiger partial charge in [0.05, 0.1) is 5.92 Å². The fourth-order valence-electron chi connectivity index (χ4n) is 5.16. The number of ketones is 1. The van der Waals surface area contributed by atoms with Crippen LogP contribution in [0.15, 0.2) is 90.5 Å². The summed E-state index contributed by atoms with van der Waals surface area (Å²) in [5.41, 5.74) is 7.56. The van der Waals surface area contributed by atoms with Crippen LogP contribution in [0, 0.1) is 5.92 Å². The Bertz CT molecular complexity index is 1070. The summed E-state index contributed by atoms with van der Waals surface area (Å²) in [5, 5.41) is 0. The van der Waals surface area contributed by atoms with Gasteiger partial charge in [-0.1, -0.05) is 84.9 Å². The van der Waals surface area contributed by atoms with Gasteiger partial charge >= 0.3 is 0 Å². The lowest BCUT2D eigenvalue weighted by atomic mass is 9.69. The van der Waals surface area contributed by atoms with E-state index >= 15 is 0 Å². The molecule has 1 aliphatic carbocycles. The molecule has 29 heavy (non-hydrogen) atoms. The normalized spacial score (nSPS) is 20.8. The summed E-state index contributed by atoms with van der Waals surface area (Å²) in [7, 11) is 2.14. The van der Waals surface area contributed by atoms with E-state index in [9.17, 15) is 4.79 Å². The van der Waals surface area contributed by atoms with Crippen LogP contribution in [0.4, 0.5) is 0 Å². The van der Waals surface area contributed by atoms with Crippen molar-refractivity contribution in [1.82, 2.24) is 4.90 Å². The molecular formula is C27H25NO. The zero-order chi connectivity index (χ0) is 19.8. The molecule has 2 aliphatic rings. The minimum atomic E-state index is -0.0752. The summed E-state index contributed by atoms with van der Waals surface area (Å²) < 4.78 is 0. The van der Waals surface area contributed by atoms with E-state index in [0.29, 0.717) is 0 Å². The fraction of sp³-hybridized carbons (Fsp3) is 0.222. The minimum absolute atomic E-state index is 0.0752. The molecule has 1 heterocycles. The lowest BCUT2D eigenvalue weighted by molar-refractivity contribution is 0.0879. The third kappa shape index (κ3) is 3.09. The van der Waals surface area contributed by atoms with Crippen LogP contribution in [0.2, 0.25) is 0 Å². The van der Waals surface area contributed by atoms with E-state index in [-0.39, 0.29) is 17.6 Å². The molecular weight excluding hydrogens is 354 g/mol. The second-order valence-corrected chi connectivity index (χ2v) is 8.14. The number of hydrogen-bond acceptors (Lipinski definition) is 2. The van der Waals surface area contributed by atoms with Gasteiger partial charge in [0.15, 0.2) is 5.78 Å². The van der Waals surface area contributed by atoms with Crippen LogP contribution in [0.3, 0.4) is 0 Å². The summed E-state index contributed by atoms with van der Waals surface area (Å²) in [4.78, 5) is 15.9. The molecule has 0 fully saturated rings. The number of benzene rings is 3. The van der Waals surface area contributed by atoms with Gasteiger partial charge in [0.1, 0.15) is 0 Å². The zero-order valence-electron chi connectivity index (χ0n) is 16.7. The Balaban J connectivity index is 1.67. The minimum Gasteiger partial charge on any atom is -0.373 e. The molecule has 0 spiro atoms. The first-order valence-electron chi connectivity index (χ1n) is 10.4. The third-order valence-corrected chi connectivity index (χ3v) is 6.42. The second kappa shape index (κ2) is 7.36. The lowest BCUT2D eigenvalue weighted by Crippen LogP contribution is -2.41. The van der Waals surface area contributed by atoms with E-state index in [4.69, 9.17) is 0 Å². The smallest absolute Gasteiger partial charge is 0.168 e. The van der Waals surface area contributed by atoms with E-state index < -0.39 is 0 Å². The highest BCUT2D eigenvalue weighted by atomic mass is 16.1. The van der Waals surface area contributed by atoms with Gasteiger partial charge in [0, 0.05) is 36.3 Å². The van der Waals surface area contributed by atoms with Crippen molar-refractivity contribution in [2.24, 2.45) is 5.92 Å². The molecule has 0 N–H and O–H groups in total. The predicted molar refractivity (Wildman–Crippen MR) is 118 cm³/mol. The Morgan fingerprint density at radius 2 is 1.48 bits per heavy atom. The first-order valence-corrected chi connectivity index (χ1v) is 10.4. The lowest BCUT2D eigenvalue weighted by Gasteiger charge is -2.43. The molecule has 0 saturated heterocycles.